The third-order valence-electron chi connectivity index (χ3n) is 5.64. The van der Waals surface area contributed by atoms with E-state index < -0.39 is 0 Å². The van der Waals surface area contributed by atoms with Crippen molar-refractivity contribution in [2.45, 2.75) is 84.5 Å². The fourth-order valence-electron chi connectivity index (χ4n) is 4.00. The summed E-state index contributed by atoms with van der Waals surface area (Å²) in [4.78, 5) is 12.0. The third-order valence-corrected chi connectivity index (χ3v) is 5.64. The molecule has 1 aliphatic carbocycles. The number of benzene rings is 1. The molecule has 1 saturated carbocycles. The highest BCUT2D eigenvalue weighted by atomic mass is 28.3. The number of carbonyl (C=O) groups is 1. The molecule has 29 heavy (non-hydrogen) atoms. The second kappa shape index (κ2) is 15.6. The minimum Gasteiger partial charge on any atom is -0.471 e. The Kier molecular flexibility index (Phi) is 13.9. The van der Waals surface area contributed by atoms with E-state index in [0.717, 1.165) is 51.7 Å². The summed E-state index contributed by atoms with van der Waals surface area (Å²) >= 11 is 0. The average molecular weight is 435 g/mol. The Morgan fingerprint density at radius 2 is 1.66 bits per heavy atom. The van der Waals surface area contributed by atoms with Crippen molar-refractivity contribution in [2.24, 2.45) is 5.92 Å². The number of esters is 1. The van der Waals surface area contributed by atoms with E-state index in [1.165, 1.54) is 44.1 Å². The van der Waals surface area contributed by atoms with Gasteiger partial charge in [-0.25, -0.2) is 4.79 Å². The predicted octanol–water partition coefficient (Wildman–Crippen LogP) is 4.46. The zero-order chi connectivity index (χ0) is 21.5. The van der Waals surface area contributed by atoms with E-state index >= 15 is 0 Å². The maximum Gasteiger partial charge on any atom is 0.333 e. The maximum absolute atomic E-state index is 12.0. The lowest BCUT2D eigenvalue weighted by atomic mass is 9.77. The molecule has 1 aliphatic rings. The van der Waals surface area contributed by atoms with Crippen molar-refractivity contribution in [1.82, 2.24) is 0 Å². The van der Waals surface area contributed by atoms with Gasteiger partial charge in [0, 0.05) is 5.57 Å². The molecule has 0 unspecified atom stereocenters. The molecular formula is C24H42O3Si2. The van der Waals surface area contributed by atoms with Crippen LogP contribution in [0.4, 0.5) is 0 Å². The molecule has 0 heterocycles. The van der Waals surface area contributed by atoms with Crippen LogP contribution in [0.15, 0.2) is 29.8 Å². The van der Waals surface area contributed by atoms with E-state index in [-0.39, 0.29) is 5.97 Å². The standard InChI is InChI=1S/C24H36O2.H6OSi2/c1-4-6-7-17-26-24(25)19(3)18-21-11-15-23(16-12-21)22-13-9-20(8-5-2)10-14-22;2-1-3/h11-12,15-16,18,20,22H,4-10,13-14,17H2,1-3H3;2-3H3/b19-18+;. The number of ether oxygens (including phenoxy) is 1. The first kappa shape index (κ1) is 25.9. The van der Waals surface area contributed by atoms with Gasteiger partial charge >= 0.3 is 5.97 Å². The first-order valence-electron chi connectivity index (χ1n) is 11.4. The molecule has 1 aromatic carbocycles. The van der Waals surface area contributed by atoms with Crippen molar-refractivity contribution < 1.29 is 13.6 Å². The smallest absolute Gasteiger partial charge is 0.333 e. The number of carbonyl (C=O) groups excluding carboxylic acids is 1. The maximum atomic E-state index is 12.0. The van der Waals surface area contributed by atoms with Crippen LogP contribution in [0.2, 0.25) is 0 Å². The zero-order valence-corrected chi connectivity index (χ0v) is 23.3. The highest BCUT2D eigenvalue weighted by molar-refractivity contribution is 6.15. The molecule has 0 N–H and O–H groups in total. The first-order valence-corrected chi connectivity index (χ1v) is 13.0. The largest absolute Gasteiger partial charge is 0.471 e. The Balaban J connectivity index is 0.00000132. The van der Waals surface area contributed by atoms with Crippen molar-refractivity contribution in [3.05, 3.63) is 41.0 Å². The van der Waals surface area contributed by atoms with Gasteiger partial charge in [-0.3, -0.25) is 0 Å². The van der Waals surface area contributed by atoms with Gasteiger partial charge < -0.3 is 8.85 Å². The van der Waals surface area contributed by atoms with Crippen molar-refractivity contribution in [2.75, 3.05) is 6.61 Å². The Labute approximate surface area is 184 Å². The van der Waals surface area contributed by atoms with Gasteiger partial charge in [-0.05, 0) is 68.1 Å². The monoisotopic (exact) mass is 434 g/mol. The molecule has 5 heteroatoms. The molecule has 1 fully saturated rings. The van der Waals surface area contributed by atoms with Crippen molar-refractivity contribution in [3.63, 3.8) is 0 Å². The number of rotatable bonds is 9. The Hall–Kier alpha value is -1.18. The van der Waals surface area contributed by atoms with Gasteiger partial charge in [0.25, 0.3) is 0 Å². The fourth-order valence-corrected chi connectivity index (χ4v) is 4.00. The molecule has 3 nitrogen and oxygen atoms in total. The van der Waals surface area contributed by atoms with E-state index in [9.17, 15) is 4.79 Å². The summed E-state index contributed by atoms with van der Waals surface area (Å²) in [6, 6.07) is 8.77. The van der Waals surface area contributed by atoms with Crippen molar-refractivity contribution in [1.29, 1.82) is 0 Å². The van der Waals surface area contributed by atoms with Crippen LogP contribution < -0.4 is 0 Å². The molecule has 0 atom stereocenters. The molecule has 0 bridgehead atoms. The summed E-state index contributed by atoms with van der Waals surface area (Å²) in [5.74, 6) is 1.47. The van der Waals surface area contributed by atoms with E-state index in [1.54, 1.807) is 0 Å². The van der Waals surface area contributed by atoms with Crippen LogP contribution in [0.5, 0.6) is 0 Å². The van der Waals surface area contributed by atoms with E-state index in [2.05, 4.69) is 42.2 Å². The highest BCUT2D eigenvalue weighted by Crippen LogP contribution is 2.37. The topological polar surface area (TPSA) is 35.5 Å². The van der Waals surface area contributed by atoms with Crippen molar-refractivity contribution in [3.8, 4) is 0 Å². The molecular weight excluding hydrogens is 392 g/mol. The van der Waals surface area contributed by atoms with Crippen LogP contribution in [0.3, 0.4) is 0 Å². The van der Waals surface area contributed by atoms with Gasteiger partial charge in [0.05, 0.1) is 6.61 Å². The number of hydrogen-bond donors (Lipinski definition) is 0. The molecule has 0 amide bonds. The summed E-state index contributed by atoms with van der Waals surface area (Å²) in [5, 5.41) is 0. The molecule has 0 aromatic heterocycles. The van der Waals surface area contributed by atoms with Gasteiger partial charge in [0.15, 0.2) is 0 Å². The third kappa shape index (κ3) is 10.4. The molecule has 0 radical (unpaired) electrons. The van der Waals surface area contributed by atoms with Gasteiger partial charge in [0.2, 0.25) is 0 Å². The lowest BCUT2D eigenvalue weighted by molar-refractivity contribution is -0.139. The second-order valence-corrected chi connectivity index (χ2v) is 11.5. The minimum atomic E-state index is -0.195. The van der Waals surface area contributed by atoms with Gasteiger partial charge in [-0.2, -0.15) is 0 Å². The van der Waals surface area contributed by atoms with E-state index in [4.69, 9.17) is 4.74 Å². The van der Waals surface area contributed by atoms with E-state index in [1.807, 2.05) is 13.0 Å². The van der Waals surface area contributed by atoms with Gasteiger partial charge in [-0.15, -0.1) is 0 Å². The second-order valence-electron chi connectivity index (χ2n) is 8.25. The Morgan fingerprint density at radius 3 is 2.21 bits per heavy atom. The van der Waals surface area contributed by atoms with Crippen LogP contribution >= 0.6 is 0 Å². The van der Waals surface area contributed by atoms with Crippen molar-refractivity contribution >= 4 is 33.0 Å². The summed E-state index contributed by atoms with van der Waals surface area (Å²) in [6.45, 7) is 6.80. The average Bonchev–Trinajstić information content (AvgIpc) is 2.73. The Bertz CT molecular complexity index is 591. The molecule has 164 valence electrons. The quantitative estimate of drug-likeness (QED) is 0.249. The molecule has 2 rings (SSSR count). The van der Waals surface area contributed by atoms with Crippen LogP contribution in [0.25, 0.3) is 6.08 Å². The van der Waals surface area contributed by atoms with Crippen LogP contribution in [-0.2, 0) is 13.6 Å². The first-order chi connectivity index (χ1) is 14.0. The minimum absolute atomic E-state index is 0.195. The van der Waals surface area contributed by atoms with Crippen LogP contribution in [-0.4, -0.2) is 33.5 Å². The lowest BCUT2D eigenvalue weighted by Crippen LogP contribution is -2.13. The molecule has 0 saturated heterocycles. The molecule has 0 aliphatic heterocycles. The number of hydrogen-bond acceptors (Lipinski definition) is 3. The summed E-state index contributed by atoms with van der Waals surface area (Å²) in [6.07, 6.45) is 13.2. The predicted molar refractivity (Wildman–Crippen MR) is 131 cm³/mol. The zero-order valence-electron chi connectivity index (χ0n) is 19.3. The summed E-state index contributed by atoms with van der Waals surface area (Å²) in [7, 11) is 1.86. The molecule has 0 spiro atoms. The van der Waals surface area contributed by atoms with Gasteiger partial charge in [-0.1, -0.05) is 63.8 Å². The normalized spacial score (nSPS) is 19.5. The Morgan fingerprint density at radius 1 is 1.03 bits per heavy atom. The fraction of sp³-hybridized carbons (Fsp3) is 0.625. The number of unbranched alkanes of at least 4 members (excludes halogenated alkanes) is 2. The summed E-state index contributed by atoms with van der Waals surface area (Å²) in [5.41, 5.74) is 3.21. The summed E-state index contributed by atoms with van der Waals surface area (Å²) < 4.78 is 9.85. The van der Waals surface area contributed by atoms with Crippen LogP contribution in [0, 0.1) is 5.92 Å². The molecule has 1 aromatic rings. The van der Waals surface area contributed by atoms with Crippen LogP contribution in [0.1, 0.15) is 95.6 Å². The van der Waals surface area contributed by atoms with Gasteiger partial charge in [0.1, 0.15) is 21.0 Å². The highest BCUT2D eigenvalue weighted by Gasteiger charge is 2.21. The SMILES string of the molecule is CCCCCOC(=O)/C(C)=C/c1ccc(C2CCC(CCC)CC2)cc1.[SiH3]O[SiH3]. The van der Waals surface area contributed by atoms with E-state index in [0.29, 0.717) is 18.1 Å². The lowest BCUT2D eigenvalue weighted by Gasteiger charge is -2.28.